The number of hydrogen-bond acceptors (Lipinski definition) is 19. The van der Waals surface area contributed by atoms with Gasteiger partial charge in [-0.1, -0.05) is 37.2 Å². The van der Waals surface area contributed by atoms with E-state index in [1.807, 2.05) is 70.3 Å². The Morgan fingerprint density at radius 3 is 2.37 bits per heavy atom. The first-order chi connectivity index (χ1) is 40.2. The number of benzene rings is 2. The summed E-state index contributed by atoms with van der Waals surface area (Å²) in [6, 6.07) is 19.5. The van der Waals surface area contributed by atoms with E-state index in [4.69, 9.17) is 19.7 Å². The molecule has 6 aliphatic rings. The molecule has 2 bridgehead atoms. The fourth-order valence-corrected chi connectivity index (χ4v) is 14.4. The van der Waals surface area contributed by atoms with Gasteiger partial charge in [-0.15, -0.1) is 21.5 Å². The first kappa shape index (κ1) is 56.4. The average molecular weight is 1150 g/mol. The van der Waals surface area contributed by atoms with Gasteiger partial charge in [-0.05, 0) is 112 Å². The van der Waals surface area contributed by atoms with Gasteiger partial charge in [0.2, 0.25) is 17.7 Å². The van der Waals surface area contributed by atoms with Crippen molar-refractivity contribution < 1.29 is 38.9 Å². The second kappa shape index (κ2) is 24.3. The van der Waals surface area contributed by atoms with E-state index in [0.717, 1.165) is 126 Å². The zero-order valence-corrected chi connectivity index (χ0v) is 48.7. The Morgan fingerprint density at radius 2 is 1.61 bits per heavy atom. The molecule has 2 aromatic carbocycles. The maximum atomic E-state index is 14.4. The molecule has 83 heavy (non-hydrogen) atoms. The molecule has 2 unspecified atom stereocenters. The Morgan fingerprint density at radius 1 is 0.819 bits per heavy atom. The number of aliphatic hydroxyl groups is 1. The van der Waals surface area contributed by atoms with E-state index in [0.29, 0.717) is 57.5 Å². The topological polar surface area (TPSA) is 245 Å². The molecule has 0 spiro atoms. The van der Waals surface area contributed by atoms with Crippen molar-refractivity contribution in [2.24, 2.45) is 17.8 Å². The number of phenols is 2. The van der Waals surface area contributed by atoms with Gasteiger partial charge in [0, 0.05) is 119 Å². The number of carbonyl (C=O) groups excluding carboxylic acids is 2. The van der Waals surface area contributed by atoms with Gasteiger partial charge >= 0.3 is 0 Å². The molecule has 6 aromatic rings. The highest BCUT2D eigenvalue weighted by atomic mass is 32.1. The van der Waals surface area contributed by atoms with Crippen molar-refractivity contribution >= 4 is 46.2 Å². The Balaban J connectivity index is 0.568. The highest BCUT2D eigenvalue weighted by molar-refractivity contribution is 7.13. The number of pyridine rings is 1. The lowest BCUT2D eigenvalue weighted by Gasteiger charge is -2.41. The van der Waals surface area contributed by atoms with Crippen LogP contribution in [0.4, 0.5) is 23.0 Å². The molecule has 1 aliphatic carbocycles. The molecular formula is C62H78N12O8S. The van der Waals surface area contributed by atoms with Gasteiger partial charge in [0.1, 0.15) is 29.6 Å². The number of nitrogens with zero attached hydrogens (tertiary/aromatic N) is 10. The summed E-state index contributed by atoms with van der Waals surface area (Å²) in [6.07, 6.45) is 9.64. The number of anilines is 4. The van der Waals surface area contributed by atoms with E-state index in [2.05, 4.69) is 62.4 Å². The number of nitrogen functional groups attached to an aromatic ring is 1. The first-order valence-corrected chi connectivity index (χ1v) is 30.7. The van der Waals surface area contributed by atoms with Crippen LogP contribution in [0.5, 0.6) is 17.4 Å². The largest absolute Gasteiger partial charge is 0.507 e. The molecule has 9 heterocycles. The van der Waals surface area contributed by atoms with Crippen LogP contribution in [0.1, 0.15) is 108 Å². The van der Waals surface area contributed by atoms with Gasteiger partial charge in [-0.25, -0.2) is 9.97 Å². The average Bonchev–Trinajstić information content (AvgIpc) is 4.48. The van der Waals surface area contributed by atoms with Crippen molar-refractivity contribution in [1.29, 1.82) is 0 Å². The maximum Gasteiger partial charge on any atom is 0.243 e. The van der Waals surface area contributed by atoms with Crippen LogP contribution in [-0.4, -0.2) is 158 Å². The zero-order chi connectivity index (χ0) is 57.5. The van der Waals surface area contributed by atoms with Crippen LogP contribution in [0.3, 0.4) is 0 Å². The van der Waals surface area contributed by atoms with Crippen molar-refractivity contribution in [2.45, 2.75) is 134 Å². The minimum absolute atomic E-state index is 0.0435. The summed E-state index contributed by atoms with van der Waals surface area (Å²) in [5.74, 6) is 2.12. The number of aliphatic hydroxyl groups excluding tert-OH is 1. The Bertz CT molecular complexity index is 3250. The number of β-amino-alcohol motifs (C(OH)–C–C–N with tert-alkyl or cyclic N) is 1. The van der Waals surface area contributed by atoms with Gasteiger partial charge in [0.25, 0.3) is 0 Å². The van der Waals surface area contributed by atoms with Crippen LogP contribution in [0.25, 0.3) is 21.7 Å². The number of piperidine rings is 2. The number of amides is 2. The first-order valence-electron chi connectivity index (χ1n) is 29.8. The number of ether oxygens (including phenoxy) is 2. The molecule has 1 saturated carbocycles. The molecule has 440 valence electrons. The third kappa shape index (κ3) is 12.3. The highest BCUT2D eigenvalue weighted by Gasteiger charge is 2.44. The number of rotatable bonds is 17. The molecule has 0 radical (unpaired) electrons. The second-order valence-electron chi connectivity index (χ2n) is 24.4. The Labute approximate surface area is 489 Å². The van der Waals surface area contributed by atoms with Crippen LogP contribution >= 0.6 is 11.3 Å². The van der Waals surface area contributed by atoms with Crippen molar-refractivity contribution in [2.75, 3.05) is 79.3 Å². The summed E-state index contributed by atoms with van der Waals surface area (Å²) >= 11 is 1.46. The SMILES string of the molecule is Cc1ncsc1-c1ccc([C@H](C)NC(=O)[C@@H]2C[C@@H](O)CN2C(=O)[C@@H](c2cc(N3CCC(CN4CCC(O[C@H]5C[C@H](Oc6cc(N7CC8CCN(c9cc(-c%10ccccc%10O)nnc9N)CC7C8)ccn6)C5)CC4)CC3)no2)C(C)C)cc1O. The zero-order valence-electron chi connectivity index (χ0n) is 47.9. The molecule has 12 rings (SSSR count). The predicted molar refractivity (Wildman–Crippen MR) is 317 cm³/mol. The third-order valence-corrected chi connectivity index (χ3v) is 19.3. The number of para-hydroxylation sites is 1. The molecule has 6 fully saturated rings. The van der Waals surface area contributed by atoms with E-state index >= 15 is 0 Å². The normalized spacial score (nSPS) is 24.2. The molecule has 5 saturated heterocycles. The van der Waals surface area contributed by atoms with E-state index in [-0.39, 0.29) is 66.6 Å². The lowest BCUT2D eigenvalue weighted by Crippen LogP contribution is -2.48. The van der Waals surface area contributed by atoms with E-state index < -0.39 is 24.1 Å². The number of nitrogens with one attached hydrogen (secondary N) is 1. The molecule has 20 nitrogen and oxygen atoms in total. The number of thiazole rings is 1. The van der Waals surface area contributed by atoms with Crippen LogP contribution in [-0.2, 0) is 14.3 Å². The molecule has 21 heteroatoms. The highest BCUT2D eigenvalue weighted by Crippen LogP contribution is 2.41. The number of aromatic nitrogens is 5. The van der Waals surface area contributed by atoms with Gasteiger partial charge in [0.15, 0.2) is 17.4 Å². The van der Waals surface area contributed by atoms with Crippen molar-refractivity contribution in [3.8, 4) is 39.1 Å². The van der Waals surface area contributed by atoms with Crippen molar-refractivity contribution in [1.82, 2.24) is 40.4 Å². The van der Waals surface area contributed by atoms with Gasteiger partial charge in [-0.2, -0.15) is 0 Å². The number of aryl methyl sites for hydroxylation is 1. The fraction of sp³-hybridized carbons (Fsp3) is 0.532. The molecule has 2 amide bonds. The van der Waals surface area contributed by atoms with E-state index in [9.17, 15) is 24.9 Å². The standard InChI is InChI=1S/C62H78N12O8S/c1-36(2)58(62(79)74-34-44(75)26-52(74)61(78)66-37(3)41-9-10-49(54(77)24-41)59-38(4)65-35-83-59)55-30-56(69-82-55)71-20-12-39(13-21-71)31-70-18-15-45(16-19-70)80-46-27-47(28-46)81-57-25-42(11-17-64-57)73-32-40-14-22-72(33-43(73)23-40)51-29-50(67-68-60(51)63)48-7-5-6-8-53(48)76/h5-11,17,24-25,29-30,35-37,39-40,43-47,52,58,75-77H,12-16,18-23,26-28,31-34H2,1-4H3,(H2,63,68)(H,66,78)/t37-,40?,43?,44+,46-,47-,52-,58+/m0/s1. The summed E-state index contributed by atoms with van der Waals surface area (Å²) in [5, 5.41) is 48.3. The minimum atomic E-state index is -0.867. The minimum Gasteiger partial charge on any atom is -0.507 e. The van der Waals surface area contributed by atoms with E-state index in [1.54, 1.807) is 23.7 Å². The number of aromatic hydroxyl groups is 2. The monoisotopic (exact) mass is 1150 g/mol. The molecular weight excluding hydrogens is 1070 g/mol. The van der Waals surface area contributed by atoms with Crippen LogP contribution in [0.2, 0.25) is 0 Å². The van der Waals surface area contributed by atoms with E-state index in [1.165, 1.54) is 16.2 Å². The summed E-state index contributed by atoms with van der Waals surface area (Å²) < 4.78 is 19.1. The van der Waals surface area contributed by atoms with Crippen LogP contribution in [0.15, 0.2) is 83.0 Å². The Hall–Kier alpha value is -7.07. The Kier molecular flexibility index (Phi) is 16.5. The number of likely N-dealkylation sites (tertiary alicyclic amines) is 2. The third-order valence-electron chi connectivity index (χ3n) is 18.3. The summed E-state index contributed by atoms with van der Waals surface area (Å²) in [5.41, 5.74) is 13.6. The number of phenolic OH excluding ortho intramolecular Hbond substituents is 2. The van der Waals surface area contributed by atoms with Gasteiger partial charge in [0.05, 0.1) is 51.8 Å². The molecule has 6 N–H and O–H groups in total. The summed E-state index contributed by atoms with van der Waals surface area (Å²) in [6.45, 7) is 15.2. The lowest BCUT2D eigenvalue weighted by molar-refractivity contribution is -0.141. The number of nitrogens with two attached hydrogens (primary N) is 1. The lowest BCUT2D eigenvalue weighted by atomic mass is 9.91. The fourth-order valence-electron chi connectivity index (χ4n) is 13.6. The van der Waals surface area contributed by atoms with Gasteiger partial charge in [-0.3, -0.25) is 9.59 Å². The molecule has 4 aromatic heterocycles. The van der Waals surface area contributed by atoms with Crippen molar-refractivity contribution in [3.05, 3.63) is 95.5 Å². The van der Waals surface area contributed by atoms with Gasteiger partial charge < -0.3 is 64.9 Å². The smallest absolute Gasteiger partial charge is 0.243 e. The molecule has 5 aliphatic heterocycles. The number of fused-ring (bicyclic) bond motifs is 2. The number of hydrogen-bond donors (Lipinski definition) is 5. The quantitative estimate of drug-likeness (QED) is 0.0582. The molecule has 6 atom stereocenters. The predicted octanol–water partition coefficient (Wildman–Crippen LogP) is 7.94. The second-order valence-corrected chi connectivity index (χ2v) is 25.2. The van der Waals surface area contributed by atoms with Crippen LogP contribution in [0, 0.1) is 24.7 Å². The van der Waals surface area contributed by atoms with Crippen LogP contribution < -0.4 is 30.5 Å². The summed E-state index contributed by atoms with van der Waals surface area (Å²) in [4.78, 5) is 49.3. The summed E-state index contributed by atoms with van der Waals surface area (Å²) in [7, 11) is 0. The van der Waals surface area contributed by atoms with Crippen molar-refractivity contribution in [3.63, 3.8) is 0 Å². The number of carbonyl (C=O) groups is 2. The maximum absolute atomic E-state index is 14.4.